The highest BCUT2D eigenvalue weighted by molar-refractivity contribution is 7.07. The van der Waals surface area contributed by atoms with Gasteiger partial charge in [-0.15, -0.1) is 0 Å². The molecule has 3 rings (SSSR count). The van der Waals surface area contributed by atoms with E-state index >= 15 is 0 Å². The fourth-order valence-corrected chi connectivity index (χ4v) is 3.70. The molecular weight excluding hydrogens is 385 g/mol. The van der Waals surface area contributed by atoms with Crippen molar-refractivity contribution >= 4 is 30.1 Å². The first-order chi connectivity index (χ1) is 14.0. The van der Waals surface area contributed by atoms with E-state index in [0.717, 1.165) is 16.7 Å². The first kappa shape index (κ1) is 21.0. The van der Waals surface area contributed by atoms with Crippen molar-refractivity contribution in [1.82, 2.24) is 5.32 Å². The average Bonchev–Trinajstić information content (AvgIpc) is 3.25. The van der Waals surface area contributed by atoms with Crippen LogP contribution in [0.5, 0.6) is 0 Å². The molecule has 148 valence electrons. The summed E-state index contributed by atoms with van der Waals surface area (Å²) < 4.78 is 0. The molecule has 7 heteroatoms. The average molecular weight is 407 g/mol. The zero-order chi connectivity index (χ0) is 20.6. The quantitative estimate of drug-likeness (QED) is 0.376. The number of carbonyl (C=O) groups excluding carboxylic acids is 2. The van der Waals surface area contributed by atoms with E-state index in [0.29, 0.717) is 12.0 Å². The van der Waals surface area contributed by atoms with E-state index in [-0.39, 0.29) is 24.5 Å². The minimum Gasteiger partial charge on any atom is -0.426 e. The molecule has 1 aromatic heterocycles. The third-order valence-electron chi connectivity index (χ3n) is 4.64. The Morgan fingerprint density at radius 3 is 2.24 bits per heavy atom. The van der Waals surface area contributed by atoms with Crippen molar-refractivity contribution < 1.29 is 19.6 Å². The molecule has 0 spiro atoms. The van der Waals surface area contributed by atoms with Crippen molar-refractivity contribution in [3.63, 3.8) is 0 Å². The maximum absolute atomic E-state index is 12.4. The van der Waals surface area contributed by atoms with Crippen LogP contribution in [0.2, 0.25) is 0 Å². The molecule has 0 aliphatic carbocycles. The first-order valence-corrected chi connectivity index (χ1v) is 10.3. The molecule has 0 saturated heterocycles. The second-order valence-electron chi connectivity index (χ2n) is 6.79. The predicted octanol–water partition coefficient (Wildman–Crippen LogP) is 3.12. The third kappa shape index (κ3) is 6.12. The molecule has 1 atom stereocenters. The molecule has 0 fully saturated rings. The van der Waals surface area contributed by atoms with Crippen molar-refractivity contribution in [3.05, 3.63) is 82.6 Å². The van der Waals surface area contributed by atoms with Gasteiger partial charge in [-0.05, 0) is 39.9 Å². The predicted molar refractivity (Wildman–Crippen MR) is 116 cm³/mol. The largest absolute Gasteiger partial charge is 0.475 e. The van der Waals surface area contributed by atoms with Crippen LogP contribution in [0.15, 0.2) is 71.4 Å². The van der Waals surface area contributed by atoms with Crippen molar-refractivity contribution in [2.24, 2.45) is 0 Å². The molecule has 5 nitrogen and oxygen atoms in total. The Balaban J connectivity index is 1.52. The second kappa shape index (κ2) is 10.2. The van der Waals surface area contributed by atoms with Crippen molar-refractivity contribution in [2.75, 3.05) is 0 Å². The number of carbonyl (C=O) groups is 2. The molecule has 0 aliphatic heterocycles. The van der Waals surface area contributed by atoms with Gasteiger partial charge in [0.1, 0.15) is 0 Å². The summed E-state index contributed by atoms with van der Waals surface area (Å²) in [6.07, 6.45) is 0.372. The summed E-state index contributed by atoms with van der Waals surface area (Å²) in [4.78, 5) is 24.6. The molecule has 0 bridgehead atoms. The Hall–Kier alpha value is -2.74. The van der Waals surface area contributed by atoms with Crippen molar-refractivity contribution in [2.45, 2.75) is 25.2 Å². The number of rotatable bonds is 9. The number of Topliss-reactive ketones (excluding diaryl/α,β-unsaturated/α-hetero) is 1. The van der Waals surface area contributed by atoms with Crippen LogP contribution in [0.25, 0.3) is 11.1 Å². The molecule has 2 aromatic carbocycles. The van der Waals surface area contributed by atoms with Crippen molar-refractivity contribution in [1.29, 1.82) is 0 Å². The summed E-state index contributed by atoms with van der Waals surface area (Å²) in [6, 6.07) is 19.1. The number of amides is 1. The van der Waals surface area contributed by atoms with Crippen LogP contribution in [-0.4, -0.2) is 34.8 Å². The van der Waals surface area contributed by atoms with Gasteiger partial charge in [0.05, 0.1) is 5.94 Å². The summed E-state index contributed by atoms with van der Waals surface area (Å²) in [5.74, 6) is -1.32. The number of hydrogen-bond acceptors (Lipinski definition) is 5. The standard InChI is InChI=1S/C22H22BNO4S/c25-20(19-8-6-18(7-9-19)17-4-2-1-3-5-17)10-11-22(26)24-21(23(27)28)14-16-12-13-29-15-16/h1-9,12-13,15,21,27-28H,10-11,14H2,(H,24,26). The monoisotopic (exact) mass is 407 g/mol. The van der Waals surface area contributed by atoms with Crippen molar-refractivity contribution in [3.8, 4) is 11.1 Å². The molecule has 29 heavy (non-hydrogen) atoms. The first-order valence-electron chi connectivity index (χ1n) is 9.38. The number of ketones is 1. The van der Waals surface area contributed by atoms with E-state index in [2.05, 4.69) is 5.32 Å². The molecule has 1 heterocycles. The van der Waals surface area contributed by atoms with Gasteiger partial charge in [-0.25, -0.2) is 0 Å². The van der Waals surface area contributed by atoms with Gasteiger partial charge in [0, 0.05) is 18.4 Å². The van der Waals surface area contributed by atoms with Gasteiger partial charge < -0.3 is 15.4 Å². The highest BCUT2D eigenvalue weighted by Gasteiger charge is 2.25. The van der Waals surface area contributed by atoms with E-state index < -0.39 is 13.1 Å². The van der Waals surface area contributed by atoms with Gasteiger partial charge in [0.15, 0.2) is 5.78 Å². The van der Waals surface area contributed by atoms with Crippen LogP contribution in [0, 0.1) is 0 Å². The highest BCUT2D eigenvalue weighted by atomic mass is 32.1. The summed E-state index contributed by atoms with van der Waals surface area (Å²) in [6.45, 7) is 0. The summed E-state index contributed by atoms with van der Waals surface area (Å²) >= 11 is 1.50. The summed E-state index contributed by atoms with van der Waals surface area (Å²) in [5.41, 5.74) is 3.57. The molecule has 3 N–H and O–H groups in total. The van der Waals surface area contributed by atoms with Gasteiger partial charge in [0.2, 0.25) is 5.91 Å². The second-order valence-corrected chi connectivity index (χ2v) is 7.57. The molecule has 0 radical (unpaired) electrons. The fraction of sp³-hybridized carbons (Fsp3) is 0.182. The van der Waals surface area contributed by atoms with Gasteiger partial charge in [-0.2, -0.15) is 11.3 Å². The summed E-state index contributed by atoms with van der Waals surface area (Å²) in [7, 11) is -1.67. The van der Waals surface area contributed by atoms with E-state index in [1.165, 1.54) is 11.3 Å². The highest BCUT2D eigenvalue weighted by Crippen LogP contribution is 2.20. The van der Waals surface area contributed by atoms with Crippen LogP contribution in [0.1, 0.15) is 28.8 Å². The van der Waals surface area contributed by atoms with Gasteiger partial charge in [-0.1, -0.05) is 54.6 Å². The van der Waals surface area contributed by atoms with Crippen LogP contribution < -0.4 is 5.32 Å². The lowest BCUT2D eigenvalue weighted by Gasteiger charge is -2.17. The minimum atomic E-state index is -1.67. The SMILES string of the molecule is O=C(CCC(=O)c1ccc(-c2ccccc2)cc1)NC(Cc1ccsc1)B(O)O. The molecule has 1 amide bonds. The molecule has 0 aliphatic rings. The lowest BCUT2D eigenvalue weighted by atomic mass is 9.76. The van der Waals surface area contributed by atoms with E-state index in [1.54, 1.807) is 12.1 Å². The molecular formula is C22H22BNO4S. The Labute approximate surface area is 174 Å². The molecule has 3 aromatic rings. The minimum absolute atomic E-state index is 0.00781. The number of thiophene rings is 1. The maximum Gasteiger partial charge on any atom is 0.475 e. The van der Waals surface area contributed by atoms with Crippen LogP contribution in [0.3, 0.4) is 0 Å². The lowest BCUT2D eigenvalue weighted by molar-refractivity contribution is -0.121. The van der Waals surface area contributed by atoms with E-state index in [4.69, 9.17) is 0 Å². The molecule has 0 saturated carbocycles. The zero-order valence-electron chi connectivity index (χ0n) is 15.8. The lowest BCUT2D eigenvalue weighted by Crippen LogP contribution is -2.47. The zero-order valence-corrected chi connectivity index (χ0v) is 16.6. The van der Waals surface area contributed by atoms with E-state index in [1.807, 2.05) is 59.3 Å². The maximum atomic E-state index is 12.4. The Kier molecular flexibility index (Phi) is 7.35. The van der Waals surface area contributed by atoms with E-state index in [9.17, 15) is 19.6 Å². The van der Waals surface area contributed by atoms with Gasteiger partial charge >= 0.3 is 7.12 Å². The number of nitrogens with one attached hydrogen (secondary N) is 1. The van der Waals surface area contributed by atoms with Crippen LogP contribution in [0.4, 0.5) is 0 Å². The van der Waals surface area contributed by atoms with Gasteiger partial charge in [0.25, 0.3) is 0 Å². The van der Waals surface area contributed by atoms with Gasteiger partial charge in [-0.3, -0.25) is 9.59 Å². The molecule has 1 unspecified atom stereocenters. The fourth-order valence-electron chi connectivity index (χ4n) is 3.02. The summed E-state index contributed by atoms with van der Waals surface area (Å²) in [5, 5.41) is 25.4. The third-order valence-corrected chi connectivity index (χ3v) is 5.37. The Morgan fingerprint density at radius 1 is 0.931 bits per heavy atom. The van der Waals surface area contributed by atoms with Crippen LogP contribution >= 0.6 is 11.3 Å². The Bertz CT molecular complexity index is 927. The number of hydrogen-bond donors (Lipinski definition) is 3. The topological polar surface area (TPSA) is 86.6 Å². The van der Waals surface area contributed by atoms with Crippen LogP contribution in [-0.2, 0) is 11.2 Å². The Morgan fingerprint density at radius 2 is 1.62 bits per heavy atom. The number of benzene rings is 2. The normalized spacial score (nSPS) is 11.7. The smallest absolute Gasteiger partial charge is 0.426 e.